The van der Waals surface area contributed by atoms with Crippen molar-refractivity contribution in [2.24, 2.45) is 11.3 Å². The third-order valence-electron chi connectivity index (χ3n) is 3.98. The minimum atomic E-state index is 0.103. The summed E-state index contributed by atoms with van der Waals surface area (Å²) in [6.45, 7) is 9.87. The molecular formula is C17H27ClO. The highest BCUT2D eigenvalue weighted by Gasteiger charge is 2.23. The fraction of sp³-hybridized carbons (Fsp3) is 0.647. The van der Waals surface area contributed by atoms with Gasteiger partial charge in [0.2, 0.25) is 0 Å². The van der Waals surface area contributed by atoms with Crippen molar-refractivity contribution in [3.05, 3.63) is 35.4 Å². The van der Waals surface area contributed by atoms with Gasteiger partial charge < -0.3 is 4.74 Å². The summed E-state index contributed by atoms with van der Waals surface area (Å²) >= 11 is 6.54. The average Bonchev–Trinajstić information content (AvgIpc) is 2.35. The van der Waals surface area contributed by atoms with Crippen LogP contribution in [0.25, 0.3) is 0 Å². The van der Waals surface area contributed by atoms with Gasteiger partial charge in [-0.05, 0) is 35.3 Å². The fourth-order valence-corrected chi connectivity index (χ4v) is 2.33. The number of halogens is 1. The molecule has 0 aliphatic heterocycles. The molecule has 108 valence electrons. The molecular weight excluding hydrogens is 256 g/mol. The molecule has 0 bridgehead atoms. The van der Waals surface area contributed by atoms with E-state index in [0.29, 0.717) is 11.3 Å². The van der Waals surface area contributed by atoms with Crippen molar-refractivity contribution in [3.8, 4) is 0 Å². The van der Waals surface area contributed by atoms with Crippen LogP contribution in [0.5, 0.6) is 0 Å². The highest BCUT2D eigenvalue weighted by Crippen LogP contribution is 2.36. The van der Waals surface area contributed by atoms with E-state index >= 15 is 0 Å². The fourth-order valence-electron chi connectivity index (χ4n) is 1.91. The van der Waals surface area contributed by atoms with Gasteiger partial charge >= 0.3 is 0 Å². The second-order valence-electron chi connectivity index (χ2n) is 6.45. The number of methoxy groups -OCH3 is 1. The van der Waals surface area contributed by atoms with E-state index in [1.165, 1.54) is 11.1 Å². The van der Waals surface area contributed by atoms with Crippen molar-refractivity contribution in [2.75, 3.05) is 13.7 Å². The molecule has 2 atom stereocenters. The van der Waals surface area contributed by atoms with Gasteiger partial charge in [-0.25, -0.2) is 0 Å². The van der Waals surface area contributed by atoms with Gasteiger partial charge in [-0.15, -0.1) is 11.6 Å². The van der Waals surface area contributed by atoms with Crippen LogP contribution in [-0.2, 0) is 11.2 Å². The molecule has 0 heterocycles. The first-order valence-electron chi connectivity index (χ1n) is 7.06. The number of rotatable bonds is 6. The Bertz CT molecular complexity index is 364. The minimum absolute atomic E-state index is 0.103. The van der Waals surface area contributed by atoms with E-state index in [1.807, 2.05) is 0 Å². The number of benzene rings is 1. The molecule has 0 aromatic heterocycles. The van der Waals surface area contributed by atoms with E-state index in [2.05, 4.69) is 52.0 Å². The third kappa shape index (κ3) is 5.54. The van der Waals surface area contributed by atoms with Crippen LogP contribution < -0.4 is 0 Å². The van der Waals surface area contributed by atoms with Crippen LogP contribution in [0.1, 0.15) is 50.6 Å². The van der Waals surface area contributed by atoms with E-state index < -0.39 is 0 Å². The summed E-state index contributed by atoms with van der Waals surface area (Å²) in [5.41, 5.74) is 2.84. The van der Waals surface area contributed by atoms with Gasteiger partial charge in [-0.1, -0.05) is 52.0 Å². The number of ether oxygens (including phenoxy) is 1. The van der Waals surface area contributed by atoms with E-state index in [1.54, 1.807) is 7.11 Å². The predicted octanol–water partition coefficient (Wildman–Crippen LogP) is 5.23. The molecule has 1 aromatic carbocycles. The van der Waals surface area contributed by atoms with Gasteiger partial charge in [0.1, 0.15) is 0 Å². The molecule has 0 saturated heterocycles. The number of alkyl halides is 1. The lowest BCUT2D eigenvalue weighted by Crippen LogP contribution is -2.18. The Labute approximate surface area is 123 Å². The minimum Gasteiger partial charge on any atom is -0.384 e. The van der Waals surface area contributed by atoms with Gasteiger partial charge in [-0.2, -0.15) is 0 Å². The van der Waals surface area contributed by atoms with Crippen molar-refractivity contribution in [1.29, 1.82) is 0 Å². The second kappa shape index (κ2) is 7.31. The smallest absolute Gasteiger partial charge is 0.0588 e. The predicted molar refractivity (Wildman–Crippen MR) is 83.9 cm³/mol. The maximum Gasteiger partial charge on any atom is 0.0588 e. The van der Waals surface area contributed by atoms with Crippen molar-refractivity contribution < 1.29 is 4.74 Å². The first kappa shape index (κ1) is 16.5. The van der Waals surface area contributed by atoms with Crippen LogP contribution in [0, 0.1) is 11.3 Å². The molecule has 19 heavy (non-hydrogen) atoms. The Morgan fingerprint density at radius 2 is 1.74 bits per heavy atom. The normalized spacial score (nSPS) is 15.3. The summed E-state index contributed by atoms with van der Waals surface area (Å²) in [6.07, 6.45) is 1.98. The standard InChI is InChI=1S/C17H27ClO/c1-13(17(2,3)4)12-16(18)15-8-6-14(7-9-15)10-11-19-5/h6-9,13,16H,10-12H2,1-5H3. The van der Waals surface area contributed by atoms with Crippen molar-refractivity contribution in [3.63, 3.8) is 0 Å². The lowest BCUT2D eigenvalue weighted by atomic mass is 9.79. The zero-order chi connectivity index (χ0) is 14.5. The molecule has 1 aromatic rings. The molecule has 1 nitrogen and oxygen atoms in total. The first-order valence-corrected chi connectivity index (χ1v) is 7.50. The van der Waals surface area contributed by atoms with Crippen LogP contribution >= 0.6 is 11.6 Å². The second-order valence-corrected chi connectivity index (χ2v) is 6.98. The summed E-state index contributed by atoms with van der Waals surface area (Å²) in [6, 6.07) is 8.62. The number of hydrogen-bond acceptors (Lipinski definition) is 1. The van der Waals surface area contributed by atoms with Gasteiger partial charge in [0.25, 0.3) is 0 Å². The molecule has 0 saturated carbocycles. The molecule has 0 aliphatic carbocycles. The van der Waals surface area contributed by atoms with E-state index in [4.69, 9.17) is 16.3 Å². The summed E-state index contributed by atoms with van der Waals surface area (Å²) in [5, 5.41) is 0.103. The zero-order valence-electron chi connectivity index (χ0n) is 12.9. The van der Waals surface area contributed by atoms with Crippen LogP contribution in [0.2, 0.25) is 0 Å². The molecule has 2 heteroatoms. The molecule has 0 amide bonds. The van der Waals surface area contributed by atoms with Crippen LogP contribution in [-0.4, -0.2) is 13.7 Å². The lowest BCUT2D eigenvalue weighted by molar-refractivity contribution is 0.202. The largest absolute Gasteiger partial charge is 0.384 e. The summed E-state index contributed by atoms with van der Waals surface area (Å²) in [5.74, 6) is 0.600. The van der Waals surface area contributed by atoms with Gasteiger partial charge in [0.05, 0.1) is 12.0 Å². The quantitative estimate of drug-likeness (QED) is 0.649. The Balaban J connectivity index is 2.60. The first-order chi connectivity index (χ1) is 8.84. The molecule has 0 N–H and O–H groups in total. The molecule has 0 fully saturated rings. The molecule has 2 unspecified atom stereocenters. The van der Waals surface area contributed by atoms with Gasteiger partial charge in [0.15, 0.2) is 0 Å². The average molecular weight is 283 g/mol. The van der Waals surface area contributed by atoms with Crippen molar-refractivity contribution in [2.45, 2.75) is 45.9 Å². The van der Waals surface area contributed by atoms with E-state index in [-0.39, 0.29) is 5.38 Å². The summed E-state index contributed by atoms with van der Waals surface area (Å²) in [7, 11) is 1.73. The summed E-state index contributed by atoms with van der Waals surface area (Å²) < 4.78 is 5.09. The van der Waals surface area contributed by atoms with Crippen molar-refractivity contribution in [1.82, 2.24) is 0 Å². The van der Waals surface area contributed by atoms with Crippen molar-refractivity contribution >= 4 is 11.6 Å². The van der Waals surface area contributed by atoms with E-state index in [9.17, 15) is 0 Å². The monoisotopic (exact) mass is 282 g/mol. The van der Waals surface area contributed by atoms with Crippen LogP contribution in [0.15, 0.2) is 24.3 Å². The van der Waals surface area contributed by atoms with Gasteiger partial charge in [-0.3, -0.25) is 0 Å². The zero-order valence-corrected chi connectivity index (χ0v) is 13.6. The molecule has 0 radical (unpaired) electrons. The lowest BCUT2D eigenvalue weighted by Gasteiger charge is -2.29. The Morgan fingerprint density at radius 1 is 1.16 bits per heavy atom. The Hall–Kier alpha value is -0.530. The highest BCUT2D eigenvalue weighted by molar-refractivity contribution is 6.20. The van der Waals surface area contributed by atoms with E-state index in [0.717, 1.165) is 19.4 Å². The molecule has 0 spiro atoms. The summed E-state index contributed by atoms with van der Waals surface area (Å²) in [4.78, 5) is 0. The Kier molecular flexibility index (Phi) is 6.35. The van der Waals surface area contributed by atoms with Crippen LogP contribution in [0.4, 0.5) is 0 Å². The topological polar surface area (TPSA) is 9.23 Å². The van der Waals surface area contributed by atoms with Gasteiger partial charge in [0, 0.05) is 7.11 Å². The molecule has 1 rings (SSSR count). The van der Waals surface area contributed by atoms with Crippen LogP contribution in [0.3, 0.4) is 0 Å². The maximum absolute atomic E-state index is 6.54. The molecule has 0 aliphatic rings. The SMILES string of the molecule is COCCc1ccc(C(Cl)CC(C)C(C)(C)C)cc1. The Morgan fingerprint density at radius 3 is 2.21 bits per heavy atom. The third-order valence-corrected chi connectivity index (χ3v) is 4.41. The highest BCUT2D eigenvalue weighted by atomic mass is 35.5. The maximum atomic E-state index is 6.54. The number of hydrogen-bond donors (Lipinski definition) is 0.